The van der Waals surface area contributed by atoms with Crippen molar-refractivity contribution in [2.45, 2.75) is 71.5 Å². The van der Waals surface area contributed by atoms with E-state index in [4.69, 9.17) is 18.7 Å². The van der Waals surface area contributed by atoms with Crippen LogP contribution in [0.4, 0.5) is 52.7 Å². The molecule has 4 rings (SSSR count). The minimum atomic E-state index is -4.74. The molecule has 0 saturated carbocycles. The maximum Gasteiger partial charge on any atom is 0.864 e. The average molecular weight is 826 g/mol. The molecule has 0 radical (unpaired) electrons. The summed E-state index contributed by atoms with van der Waals surface area (Å²) >= 11 is 0. The Hall–Kier alpha value is -4.58. The maximum atomic E-state index is 14.1. The van der Waals surface area contributed by atoms with Gasteiger partial charge in [-0.3, -0.25) is 4.48 Å². The van der Waals surface area contributed by atoms with Crippen LogP contribution < -0.4 is 14.0 Å². The standard InChI is InChI=1S/C32H36BF9NO4.C7H4F3/c1-6-29(44-10-5,43(7-2,8-3)9-4)27-21-24(32(40,41)42)15-20-28(27)47-33(45-25-16-11-22(12-17-25)30(34,35)36)46-26-18-13-23(14-19-26)31(37,38)39;8-7(9,10)6-4-2-1-3-5-6/h11-21H,6-10H2,1-5H3;2-5H/q+1;-1. The maximum absolute atomic E-state index is 14.1. The van der Waals surface area contributed by atoms with Crippen molar-refractivity contribution < 1.29 is 75.9 Å². The highest BCUT2D eigenvalue weighted by atomic mass is 19.4. The SMILES string of the molecule is CCOC(CC)(c1cc(C(F)(F)F)ccc1OB(Oc1ccc(C(F)(F)F)cc1)Oc1ccc(C(F)(F)F)cc1)[N+](CC)(CC)CC.FC(F)(F)c1cc[c-]cc1. The van der Waals surface area contributed by atoms with Crippen LogP contribution in [-0.2, 0) is 35.2 Å². The normalized spacial score (nSPS) is 13.6. The van der Waals surface area contributed by atoms with Crippen LogP contribution in [0.25, 0.3) is 0 Å². The summed E-state index contributed by atoms with van der Waals surface area (Å²) in [5, 5.41) is 0. The quantitative estimate of drug-likeness (QED) is 0.0417. The topological polar surface area (TPSA) is 36.9 Å². The lowest BCUT2D eigenvalue weighted by atomic mass is 9.91. The van der Waals surface area contributed by atoms with E-state index < -0.39 is 60.0 Å². The van der Waals surface area contributed by atoms with Crippen molar-refractivity contribution in [3.8, 4) is 17.2 Å². The molecule has 0 heterocycles. The molecule has 312 valence electrons. The number of halogens is 12. The van der Waals surface area contributed by atoms with Crippen LogP contribution in [0, 0.1) is 6.07 Å². The van der Waals surface area contributed by atoms with E-state index in [2.05, 4.69) is 6.07 Å². The molecular weight excluding hydrogens is 785 g/mol. The van der Waals surface area contributed by atoms with Gasteiger partial charge in [-0.25, -0.2) is 0 Å². The predicted molar refractivity (Wildman–Crippen MR) is 188 cm³/mol. The lowest BCUT2D eigenvalue weighted by Crippen LogP contribution is -2.63. The molecule has 4 aromatic carbocycles. The van der Waals surface area contributed by atoms with E-state index >= 15 is 0 Å². The Labute approximate surface area is 322 Å². The van der Waals surface area contributed by atoms with Crippen LogP contribution in [0.2, 0.25) is 0 Å². The fraction of sp³-hybridized carbons (Fsp3) is 0.385. The summed E-state index contributed by atoms with van der Waals surface area (Å²) < 4.78 is 181. The van der Waals surface area contributed by atoms with Gasteiger partial charge in [0.2, 0.25) is 5.72 Å². The Morgan fingerprint density at radius 3 is 1.23 bits per heavy atom. The molecule has 0 N–H and O–H groups in total. The van der Waals surface area contributed by atoms with Crippen molar-refractivity contribution in [1.82, 2.24) is 0 Å². The first kappa shape index (κ1) is 46.8. The van der Waals surface area contributed by atoms with Crippen molar-refractivity contribution in [2.24, 2.45) is 0 Å². The van der Waals surface area contributed by atoms with Crippen LogP contribution in [0.5, 0.6) is 17.2 Å². The van der Waals surface area contributed by atoms with Crippen LogP contribution >= 0.6 is 0 Å². The van der Waals surface area contributed by atoms with E-state index in [1.54, 1.807) is 13.8 Å². The fourth-order valence-electron chi connectivity index (χ4n) is 6.31. The molecule has 18 heteroatoms. The summed E-state index contributed by atoms with van der Waals surface area (Å²) in [5.41, 5.74) is -4.94. The third-order valence-electron chi connectivity index (χ3n) is 9.27. The summed E-state index contributed by atoms with van der Waals surface area (Å²) in [5.74, 6) is -0.526. The second-order valence-corrected chi connectivity index (χ2v) is 12.3. The lowest BCUT2D eigenvalue weighted by Gasteiger charge is -2.51. The third-order valence-corrected chi connectivity index (χ3v) is 9.27. The largest absolute Gasteiger partial charge is 0.864 e. The van der Waals surface area contributed by atoms with E-state index in [0.29, 0.717) is 19.6 Å². The van der Waals surface area contributed by atoms with Gasteiger partial charge in [-0.1, -0.05) is 12.5 Å². The summed E-state index contributed by atoms with van der Waals surface area (Å²) in [6.07, 6.45) is -18.1. The van der Waals surface area contributed by atoms with Crippen molar-refractivity contribution in [3.05, 3.63) is 125 Å². The molecular formula is C39H40BF12NO4. The summed E-state index contributed by atoms with van der Waals surface area (Å²) in [7, 11) is -1.89. The Bertz CT molecular complexity index is 1760. The molecule has 1 unspecified atom stereocenters. The molecule has 0 amide bonds. The van der Waals surface area contributed by atoms with Crippen LogP contribution in [0.1, 0.15) is 68.9 Å². The minimum absolute atomic E-state index is 0.0132. The van der Waals surface area contributed by atoms with E-state index in [1.807, 2.05) is 20.8 Å². The molecule has 5 nitrogen and oxygen atoms in total. The van der Waals surface area contributed by atoms with Crippen LogP contribution in [0.3, 0.4) is 0 Å². The van der Waals surface area contributed by atoms with E-state index in [1.165, 1.54) is 12.1 Å². The van der Waals surface area contributed by atoms with Gasteiger partial charge in [0.25, 0.3) is 0 Å². The Kier molecular flexibility index (Phi) is 15.4. The second kappa shape index (κ2) is 18.8. The molecule has 0 aliphatic carbocycles. The molecule has 0 spiro atoms. The minimum Gasteiger partial charge on any atom is -0.490 e. The van der Waals surface area contributed by atoms with Gasteiger partial charge in [-0.05, 0) is 94.4 Å². The average Bonchev–Trinajstić information content (AvgIpc) is 3.15. The molecule has 0 bridgehead atoms. The van der Waals surface area contributed by atoms with Gasteiger partial charge in [0.05, 0.1) is 48.5 Å². The third kappa shape index (κ3) is 11.7. The molecule has 57 heavy (non-hydrogen) atoms. The smallest absolute Gasteiger partial charge is 0.490 e. The summed E-state index contributed by atoms with van der Waals surface area (Å²) in [4.78, 5) is 0. The molecule has 1 atom stereocenters. The first-order valence-corrected chi connectivity index (χ1v) is 17.6. The zero-order valence-corrected chi connectivity index (χ0v) is 31.4. The number of alkyl halides is 12. The van der Waals surface area contributed by atoms with Gasteiger partial charge in [0.1, 0.15) is 17.2 Å². The molecule has 0 aliphatic rings. The van der Waals surface area contributed by atoms with Crippen LogP contribution in [0.15, 0.2) is 91.0 Å². The zero-order chi connectivity index (χ0) is 42.9. The number of benzene rings is 4. The Morgan fingerprint density at radius 2 is 0.895 bits per heavy atom. The first-order valence-electron chi connectivity index (χ1n) is 17.6. The second-order valence-electron chi connectivity index (χ2n) is 12.3. The number of nitrogens with zero attached hydrogens (tertiary/aromatic N) is 1. The monoisotopic (exact) mass is 825 g/mol. The molecule has 0 fully saturated rings. The molecule has 0 aromatic heterocycles. The van der Waals surface area contributed by atoms with E-state index in [9.17, 15) is 52.7 Å². The van der Waals surface area contributed by atoms with Gasteiger partial charge < -0.3 is 18.7 Å². The number of hydrogen-bond acceptors (Lipinski definition) is 4. The van der Waals surface area contributed by atoms with Crippen molar-refractivity contribution in [1.29, 1.82) is 0 Å². The lowest BCUT2D eigenvalue weighted by molar-refractivity contribution is -1.01. The Morgan fingerprint density at radius 1 is 0.509 bits per heavy atom. The summed E-state index contributed by atoms with van der Waals surface area (Å²) in [6.45, 7) is 10.6. The highest BCUT2D eigenvalue weighted by Gasteiger charge is 2.53. The fourth-order valence-corrected chi connectivity index (χ4v) is 6.31. The highest BCUT2D eigenvalue weighted by Crippen LogP contribution is 2.46. The number of ether oxygens (including phenoxy) is 1. The van der Waals surface area contributed by atoms with E-state index in [-0.39, 0.29) is 40.3 Å². The number of hydrogen-bond donors (Lipinski definition) is 0. The van der Waals surface area contributed by atoms with Gasteiger partial charge in [-0.15, -0.1) is 0 Å². The highest BCUT2D eigenvalue weighted by molar-refractivity contribution is 6.39. The van der Waals surface area contributed by atoms with Crippen molar-refractivity contribution >= 4 is 7.32 Å². The van der Waals surface area contributed by atoms with Crippen molar-refractivity contribution in [3.63, 3.8) is 0 Å². The van der Waals surface area contributed by atoms with E-state index in [0.717, 1.165) is 78.9 Å². The summed E-state index contributed by atoms with van der Waals surface area (Å²) in [6, 6.07) is 16.6. The van der Waals surface area contributed by atoms with Gasteiger partial charge in [0.15, 0.2) is 0 Å². The number of rotatable bonds is 14. The van der Waals surface area contributed by atoms with Gasteiger partial charge in [-0.2, -0.15) is 83.0 Å². The predicted octanol–water partition coefficient (Wildman–Crippen LogP) is 12.2. The van der Waals surface area contributed by atoms with Crippen LogP contribution in [-0.4, -0.2) is 38.0 Å². The first-order chi connectivity index (χ1) is 26.5. The molecule has 0 saturated heterocycles. The Balaban J connectivity index is 0.000000754. The van der Waals surface area contributed by atoms with Crippen molar-refractivity contribution in [2.75, 3.05) is 26.2 Å². The number of quaternary nitrogens is 1. The van der Waals surface area contributed by atoms with Gasteiger partial charge >= 0.3 is 32.0 Å². The molecule has 0 aliphatic heterocycles. The molecule has 4 aromatic rings. The zero-order valence-electron chi connectivity index (χ0n) is 31.4. The van der Waals surface area contributed by atoms with Gasteiger partial charge in [0, 0.05) is 6.42 Å².